The summed E-state index contributed by atoms with van der Waals surface area (Å²) in [5, 5.41) is 86.0. The smallest absolute Gasteiger partial charge is 0.329 e. The van der Waals surface area contributed by atoms with Gasteiger partial charge in [0.25, 0.3) is 11.7 Å². The number of amides is 1. The first-order chi connectivity index (χ1) is 40.8. The molecule has 0 spiro atoms. The Bertz CT molecular complexity index is 2360. The number of ketones is 3. The molecule has 5 unspecified atom stereocenters. The van der Waals surface area contributed by atoms with Crippen LogP contribution in [0.2, 0.25) is 0 Å². The van der Waals surface area contributed by atoms with Crippen LogP contribution in [0.15, 0.2) is 47.6 Å². The summed E-state index contributed by atoms with van der Waals surface area (Å²) in [5.74, 6) is -8.86. The molecule has 0 aromatic carbocycles. The Kier molecular flexibility index (Phi) is 27.2. The van der Waals surface area contributed by atoms with Crippen molar-refractivity contribution in [2.75, 3.05) is 47.7 Å². The molecule has 5 aliphatic heterocycles. The molecular weight excluding hydrogens is 1120 g/mol. The third-order valence-corrected chi connectivity index (χ3v) is 18.7. The van der Waals surface area contributed by atoms with Crippen LogP contribution < -0.4 is 0 Å². The zero-order valence-electron chi connectivity index (χ0n) is 51.8. The predicted molar refractivity (Wildman–Crippen MR) is 309 cm³/mol. The fourth-order valence-corrected chi connectivity index (χ4v) is 13.1. The van der Waals surface area contributed by atoms with Gasteiger partial charge in [0.1, 0.15) is 79.0 Å². The summed E-state index contributed by atoms with van der Waals surface area (Å²) < 4.78 is 53.5. The van der Waals surface area contributed by atoms with Gasteiger partial charge in [-0.25, -0.2) is 4.79 Å². The van der Waals surface area contributed by atoms with Crippen LogP contribution in [-0.4, -0.2) is 232 Å². The second-order valence-corrected chi connectivity index (χ2v) is 25.1. The molecule has 2 bridgehead atoms. The Morgan fingerprint density at radius 3 is 2.14 bits per heavy atom. The van der Waals surface area contributed by atoms with Gasteiger partial charge in [0.05, 0.1) is 44.2 Å². The number of hydrogen-bond donors (Lipinski definition) is 8. The maximum Gasteiger partial charge on any atom is 0.329 e. The number of hydrogen-bond acceptors (Lipinski definition) is 22. The van der Waals surface area contributed by atoms with Gasteiger partial charge in [0.2, 0.25) is 5.79 Å². The van der Waals surface area contributed by atoms with Gasteiger partial charge in [-0.15, -0.1) is 0 Å². The van der Waals surface area contributed by atoms with E-state index in [4.69, 9.17) is 42.6 Å². The molecule has 5 heterocycles. The fraction of sp³-hybridized carbons (Fsp3) is 0.794. The number of cyclic esters (lactones) is 1. The summed E-state index contributed by atoms with van der Waals surface area (Å²) in [6, 6.07) is -1.23. The van der Waals surface area contributed by atoms with E-state index in [2.05, 4.69) is 0 Å². The standard InChI is InChI=1S/C63H99NO22/c1-33-16-12-11-13-17-34(2)45(78-8)28-41-21-19-39(7)63(77,86-41)59(74)60(75)64-23-15-14-18-42(64)61(76)83-46(29-43(67)35(3)25-38(6)52(69)58(80-10)51(68)37(5)24-33)36(4)26-40-20-22-44(47(27-40)79-9)81-32-50-54(71)57(49(31-66)82-50)85-62-56(73)55(72)53(70)48(30-65)84-62/h11-13,16-17,25,33,35-37,39-42,44-50,52-58,62,65-66,69-73,77H,14-15,18-24,26-32H2,1-10H3/b13-11+,16-12+,34-17+,38-25+/t33-,35-,36-,37-,39-,40?,41+,42?,44-,45+,46+,47-,48-,49?,50?,52-,53-,54-,55+,56-,57-,58+,62?,63-/m1/s1. The van der Waals surface area contributed by atoms with Crippen molar-refractivity contribution in [1.29, 1.82) is 0 Å². The van der Waals surface area contributed by atoms with Crippen molar-refractivity contribution in [2.24, 2.45) is 35.5 Å². The largest absolute Gasteiger partial charge is 0.460 e. The molecule has 0 aromatic rings. The van der Waals surface area contributed by atoms with Gasteiger partial charge in [0, 0.05) is 58.5 Å². The first-order valence-corrected chi connectivity index (χ1v) is 30.8. The average molecular weight is 1220 g/mol. The van der Waals surface area contributed by atoms with Crippen LogP contribution in [0, 0.1) is 35.5 Å². The number of ether oxygens (including phenoxy) is 9. The quantitative estimate of drug-likeness (QED) is 0.0746. The SMILES string of the molecule is CO[C@H]1C[C@@H]2CC[C@@H](C)[C@@](O)(O2)C(=O)C(=O)N2CCCCC2C(=O)O[C@H]([C@H](C)CC2CC[C@@H](OCC3OC(CO)[C@@H](OC4O[C@H](CO)[C@@H](O)[C@H](O)[C@H]4O)[C@@H]3O)[C@H](OC)C2)CC(=O)[C@H](C)/C=C(\C)[C@@H](O)[C@@H](OC)C(=O)[C@H](C)C[C@H](C)/C=C/C=C/C=C/1C. The van der Waals surface area contributed by atoms with Gasteiger partial charge in [-0.1, -0.05) is 71.1 Å². The molecule has 23 nitrogen and oxygen atoms in total. The predicted octanol–water partition coefficient (Wildman–Crippen LogP) is 2.51. The third kappa shape index (κ3) is 17.6. The van der Waals surface area contributed by atoms with Crippen molar-refractivity contribution in [3.05, 3.63) is 47.6 Å². The number of carbonyl (C=O) groups is 5. The molecule has 23 heteroatoms. The first-order valence-electron chi connectivity index (χ1n) is 30.8. The summed E-state index contributed by atoms with van der Waals surface area (Å²) >= 11 is 0. The molecule has 5 fully saturated rings. The van der Waals surface area contributed by atoms with E-state index in [9.17, 15) is 64.8 Å². The number of aliphatic hydroxyl groups is 8. The van der Waals surface area contributed by atoms with E-state index in [-0.39, 0.29) is 55.8 Å². The van der Waals surface area contributed by atoms with Crippen molar-refractivity contribution in [2.45, 2.75) is 235 Å². The molecule has 1 aliphatic carbocycles. The molecule has 1 amide bonds. The number of methoxy groups -OCH3 is 3. The monoisotopic (exact) mass is 1220 g/mol. The van der Waals surface area contributed by atoms with Crippen LogP contribution in [0.1, 0.15) is 126 Å². The van der Waals surface area contributed by atoms with E-state index in [1.165, 1.54) is 14.2 Å². The van der Waals surface area contributed by atoms with Gasteiger partial charge in [-0.3, -0.25) is 19.2 Å². The molecule has 86 heavy (non-hydrogen) atoms. The number of Topliss-reactive ketones (excluding diaryl/α,β-unsaturated/α-hetero) is 3. The summed E-state index contributed by atoms with van der Waals surface area (Å²) in [6.07, 6.45) is -3.01. The van der Waals surface area contributed by atoms with Crippen LogP contribution in [-0.2, 0) is 66.6 Å². The number of allylic oxidation sites excluding steroid dienone is 6. The van der Waals surface area contributed by atoms with Gasteiger partial charge < -0.3 is 88.4 Å². The molecule has 8 N–H and O–H groups in total. The van der Waals surface area contributed by atoms with Gasteiger partial charge in [0.15, 0.2) is 12.1 Å². The number of rotatable bonds is 13. The number of esters is 1. The highest BCUT2D eigenvalue weighted by molar-refractivity contribution is 6.39. The minimum Gasteiger partial charge on any atom is -0.460 e. The summed E-state index contributed by atoms with van der Waals surface area (Å²) in [6.45, 7) is 11.0. The van der Waals surface area contributed by atoms with Crippen LogP contribution in [0.3, 0.4) is 0 Å². The normalized spacial score (nSPS) is 43.3. The fourth-order valence-electron chi connectivity index (χ4n) is 13.1. The lowest BCUT2D eigenvalue weighted by Gasteiger charge is -2.42. The Hall–Kier alpha value is -3.73. The summed E-state index contributed by atoms with van der Waals surface area (Å²) in [4.78, 5) is 73.1. The van der Waals surface area contributed by atoms with E-state index in [1.807, 2.05) is 51.2 Å². The molecule has 4 saturated heterocycles. The van der Waals surface area contributed by atoms with E-state index in [1.54, 1.807) is 40.9 Å². The molecular formula is C63H99NO22. The summed E-state index contributed by atoms with van der Waals surface area (Å²) in [5.41, 5.74) is 1.18. The van der Waals surface area contributed by atoms with Crippen LogP contribution in [0.5, 0.6) is 0 Å². The molecule has 1 saturated carbocycles. The minimum absolute atomic E-state index is 0.0238. The highest BCUT2D eigenvalue weighted by Gasteiger charge is 2.54. The lowest BCUT2D eigenvalue weighted by molar-refractivity contribution is -0.318. The average Bonchev–Trinajstić information content (AvgIpc) is 1.46. The molecule has 0 aromatic heterocycles. The highest BCUT2D eigenvalue weighted by Crippen LogP contribution is 2.39. The van der Waals surface area contributed by atoms with Gasteiger partial charge >= 0.3 is 5.97 Å². The van der Waals surface area contributed by atoms with Crippen molar-refractivity contribution >= 4 is 29.2 Å². The molecule has 24 atom stereocenters. The topological polar surface area (TPSA) is 334 Å². The Morgan fingerprint density at radius 1 is 0.744 bits per heavy atom. The zero-order valence-corrected chi connectivity index (χ0v) is 51.8. The van der Waals surface area contributed by atoms with E-state index in [0.29, 0.717) is 63.4 Å². The Morgan fingerprint density at radius 2 is 1.47 bits per heavy atom. The molecule has 488 valence electrons. The molecule has 0 radical (unpaired) electrons. The maximum absolute atomic E-state index is 14.7. The number of fused-ring (bicyclic) bond motifs is 3. The minimum atomic E-state index is -2.49. The van der Waals surface area contributed by atoms with Crippen molar-refractivity contribution < 1.29 is 107 Å². The van der Waals surface area contributed by atoms with Crippen LogP contribution in [0.4, 0.5) is 0 Å². The Labute approximate surface area is 506 Å². The second-order valence-electron chi connectivity index (χ2n) is 25.1. The van der Waals surface area contributed by atoms with E-state index in [0.717, 1.165) is 10.5 Å². The van der Waals surface area contributed by atoms with E-state index < -0.39 is 164 Å². The van der Waals surface area contributed by atoms with Crippen molar-refractivity contribution in [3.8, 4) is 0 Å². The highest BCUT2D eigenvalue weighted by atomic mass is 16.7. The van der Waals surface area contributed by atoms with Crippen molar-refractivity contribution in [3.63, 3.8) is 0 Å². The van der Waals surface area contributed by atoms with Crippen LogP contribution >= 0.6 is 0 Å². The summed E-state index contributed by atoms with van der Waals surface area (Å²) in [7, 11) is 4.45. The molecule has 6 rings (SSSR count). The molecule has 6 aliphatic rings. The number of nitrogens with zero attached hydrogens (tertiary/aromatic N) is 1. The van der Waals surface area contributed by atoms with Crippen LogP contribution in [0.25, 0.3) is 0 Å². The van der Waals surface area contributed by atoms with Gasteiger partial charge in [-0.05, 0) is 107 Å². The van der Waals surface area contributed by atoms with Crippen molar-refractivity contribution in [1.82, 2.24) is 4.90 Å². The van der Waals surface area contributed by atoms with E-state index >= 15 is 0 Å². The maximum atomic E-state index is 14.7. The lowest BCUT2D eigenvalue weighted by atomic mass is 9.78. The number of piperidine rings is 1. The number of carbonyl (C=O) groups excluding carboxylic acids is 5. The number of aliphatic hydroxyl groups excluding tert-OH is 7. The third-order valence-electron chi connectivity index (χ3n) is 18.7. The van der Waals surface area contributed by atoms with Gasteiger partial charge in [-0.2, -0.15) is 0 Å². The lowest BCUT2D eigenvalue weighted by Crippen LogP contribution is -2.61. The Balaban J connectivity index is 1.21. The zero-order chi connectivity index (χ0) is 63.3. The first kappa shape index (κ1) is 71.3. The second kappa shape index (κ2) is 32.8.